The summed E-state index contributed by atoms with van der Waals surface area (Å²) in [5, 5.41) is 2.58. The highest BCUT2D eigenvalue weighted by molar-refractivity contribution is 5.85. The molecular weight excluding hydrogens is 331 g/mol. The average molecular weight is 349 g/mol. The molecule has 0 unspecified atom stereocenters. The van der Waals surface area contributed by atoms with Crippen molar-refractivity contribution in [3.05, 3.63) is 24.2 Å². The first-order valence-corrected chi connectivity index (χ1v) is 7.29. The van der Waals surface area contributed by atoms with Crippen molar-refractivity contribution in [3.8, 4) is 0 Å². The van der Waals surface area contributed by atoms with Crippen molar-refractivity contribution in [3.63, 3.8) is 0 Å². The smallest absolute Gasteiger partial charge is 0.395 e. The number of carbonyl (C=O) groups is 2. The van der Waals surface area contributed by atoms with Crippen LogP contribution in [0.3, 0.4) is 0 Å². The first-order chi connectivity index (χ1) is 11.2. The molecule has 0 aromatic carbocycles. The Kier molecular flexibility index (Phi) is 4.93. The van der Waals surface area contributed by atoms with E-state index in [1.165, 1.54) is 25.3 Å². The lowest BCUT2D eigenvalue weighted by Crippen LogP contribution is -2.55. The molecule has 1 aliphatic heterocycles. The van der Waals surface area contributed by atoms with Crippen molar-refractivity contribution < 1.29 is 36.7 Å². The number of alkyl halides is 3. The first-order valence-electron chi connectivity index (χ1n) is 7.29. The van der Waals surface area contributed by atoms with Crippen LogP contribution in [-0.4, -0.2) is 37.4 Å². The molecule has 6 nitrogen and oxygen atoms in total. The van der Waals surface area contributed by atoms with Gasteiger partial charge in [0.15, 0.2) is 0 Å². The molecule has 0 saturated carbocycles. The molecule has 1 aliphatic rings. The fourth-order valence-corrected chi connectivity index (χ4v) is 3.21. The Labute approximate surface area is 136 Å². The number of rotatable bonds is 4. The Bertz CT molecular complexity index is 601. The van der Waals surface area contributed by atoms with Gasteiger partial charge >= 0.3 is 18.1 Å². The molecule has 1 fully saturated rings. The summed E-state index contributed by atoms with van der Waals surface area (Å²) in [6.45, 7) is 2.47. The minimum absolute atomic E-state index is 0.0836. The van der Waals surface area contributed by atoms with E-state index in [2.05, 4.69) is 10.1 Å². The van der Waals surface area contributed by atoms with Gasteiger partial charge in [-0.25, -0.2) is 0 Å². The topological polar surface area (TPSA) is 77.8 Å². The van der Waals surface area contributed by atoms with E-state index in [1.807, 2.05) is 0 Å². The second-order valence-corrected chi connectivity index (χ2v) is 5.63. The molecule has 4 atom stereocenters. The lowest BCUT2D eigenvalue weighted by Gasteiger charge is -2.31. The molecule has 2 heterocycles. The van der Waals surface area contributed by atoms with Gasteiger partial charge in [0.05, 0.1) is 37.9 Å². The number of esters is 2. The second-order valence-electron chi connectivity index (χ2n) is 5.63. The van der Waals surface area contributed by atoms with E-state index in [1.54, 1.807) is 0 Å². The van der Waals surface area contributed by atoms with Crippen molar-refractivity contribution in [2.24, 2.45) is 11.8 Å². The Hall–Kier alpha value is -2.03. The maximum Gasteiger partial charge on any atom is 0.395 e. The second kappa shape index (κ2) is 6.46. The van der Waals surface area contributed by atoms with Crippen LogP contribution in [0.1, 0.15) is 25.6 Å². The van der Waals surface area contributed by atoms with E-state index in [0.717, 1.165) is 14.0 Å². The van der Waals surface area contributed by atoms with Gasteiger partial charge in [0.1, 0.15) is 11.3 Å². The van der Waals surface area contributed by atoms with Gasteiger partial charge in [0.2, 0.25) is 0 Å². The molecule has 0 aliphatic carbocycles. The summed E-state index contributed by atoms with van der Waals surface area (Å²) < 4.78 is 55.7. The number of nitrogens with one attached hydrogen (secondary N) is 1. The highest BCUT2D eigenvalue weighted by Crippen LogP contribution is 2.51. The van der Waals surface area contributed by atoms with Crippen LogP contribution < -0.4 is 5.32 Å². The maximum absolute atomic E-state index is 13.7. The number of halogens is 3. The molecule has 134 valence electrons. The third-order valence-electron chi connectivity index (χ3n) is 4.17. The number of carbonyl (C=O) groups excluding carboxylic acids is 2. The van der Waals surface area contributed by atoms with Crippen LogP contribution in [0.5, 0.6) is 0 Å². The van der Waals surface area contributed by atoms with E-state index >= 15 is 0 Å². The predicted octanol–water partition coefficient (Wildman–Crippen LogP) is 2.21. The van der Waals surface area contributed by atoms with Crippen molar-refractivity contribution in [2.75, 3.05) is 13.7 Å². The minimum Gasteiger partial charge on any atom is -0.468 e. The van der Waals surface area contributed by atoms with Gasteiger partial charge in [0.25, 0.3) is 0 Å². The van der Waals surface area contributed by atoms with E-state index in [0.29, 0.717) is 0 Å². The SMILES string of the molecule is CCOC(=O)[C@H]1[C@H](C(F)(F)F)[C@@](C)(C(=O)OC)N[C@H]1c1ccco1. The molecule has 2 rings (SSSR count). The quantitative estimate of drug-likeness (QED) is 0.840. The van der Waals surface area contributed by atoms with Crippen molar-refractivity contribution in [1.29, 1.82) is 0 Å². The monoisotopic (exact) mass is 349 g/mol. The summed E-state index contributed by atoms with van der Waals surface area (Å²) in [4.78, 5) is 24.3. The number of hydrogen-bond acceptors (Lipinski definition) is 6. The Balaban J connectivity index is 2.57. The molecule has 24 heavy (non-hydrogen) atoms. The van der Waals surface area contributed by atoms with Crippen LogP contribution in [0, 0.1) is 11.8 Å². The Morgan fingerprint density at radius 2 is 2.08 bits per heavy atom. The highest BCUT2D eigenvalue weighted by Gasteiger charge is 2.68. The van der Waals surface area contributed by atoms with Crippen LogP contribution in [0.4, 0.5) is 13.2 Å². The number of hydrogen-bond donors (Lipinski definition) is 1. The van der Waals surface area contributed by atoms with E-state index in [9.17, 15) is 22.8 Å². The summed E-state index contributed by atoms with van der Waals surface area (Å²) in [7, 11) is 0.988. The lowest BCUT2D eigenvalue weighted by molar-refractivity contribution is -0.210. The number of furan rings is 1. The van der Waals surface area contributed by atoms with Gasteiger partial charge < -0.3 is 13.9 Å². The number of ether oxygens (including phenoxy) is 2. The summed E-state index contributed by atoms with van der Waals surface area (Å²) in [5.41, 5.74) is -2.15. The molecule has 0 bridgehead atoms. The fourth-order valence-electron chi connectivity index (χ4n) is 3.21. The summed E-state index contributed by atoms with van der Waals surface area (Å²) >= 11 is 0. The predicted molar refractivity (Wildman–Crippen MR) is 74.7 cm³/mol. The van der Waals surface area contributed by atoms with Crippen molar-refractivity contribution >= 4 is 11.9 Å². The highest BCUT2D eigenvalue weighted by atomic mass is 19.4. The van der Waals surface area contributed by atoms with Gasteiger partial charge in [0, 0.05) is 0 Å². The maximum atomic E-state index is 13.7. The van der Waals surface area contributed by atoms with Crippen LogP contribution in [0.2, 0.25) is 0 Å². The summed E-state index contributed by atoms with van der Waals surface area (Å²) in [6, 6.07) is 1.74. The van der Waals surface area contributed by atoms with Crippen LogP contribution in [0.15, 0.2) is 22.8 Å². The van der Waals surface area contributed by atoms with Crippen molar-refractivity contribution in [1.82, 2.24) is 5.32 Å². The third kappa shape index (κ3) is 3.00. The van der Waals surface area contributed by atoms with Gasteiger partial charge in [-0.1, -0.05) is 0 Å². The Morgan fingerprint density at radius 1 is 1.42 bits per heavy atom. The molecule has 1 N–H and O–H groups in total. The normalized spacial score (nSPS) is 30.2. The van der Waals surface area contributed by atoms with Gasteiger partial charge in [-0.2, -0.15) is 13.2 Å². The molecule has 1 saturated heterocycles. The van der Waals surface area contributed by atoms with Gasteiger partial charge in [-0.15, -0.1) is 0 Å². The van der Waals surface area contributed by atoms with Crippen LogP contribution in [-0.2, 0) is 19.1 Å². The standard InChI is InChI=1S/C15H18F3NO5/c1-4-23-12(20)9-10(8-6-5-7-24-8)19-14(2,13(21)22-3)11(9)15(16,17)18/h5-7,9-11,19H,4H2,1-3H3/t9-,10+,11+,14+/m1/s1. The van der Waals surface area contributed by atoms with Crippen LogP contribution in [0.25, 0.3) is 0 Å². The zero-order chi connectivity index (χ0) is 18.1. The number of methoxy groups -OCH3 is 1. The summed E-state index contributed by atoms with van der Waals surface area (Å²) in [5.74, 6) is -6.07. The third-order valence-corrected chi connectivity index (χ3v) is 4.17. The lowest BCUT2D eigenvalue weighted by atomic mass is 9.78. The van der Waals surface area contributed by atoms with Crippen molar-refractivity contribution in [2.45, 2.75) is 31.6 Å². The van der Waals surface area contributed by atoms with Gasteiger partial charge in [-0.05, 0) is 26.0 Å². The molecule has 0 amide bonds. The average Bonchev–Trinajstić information content (AvgIpc) is 3.11. The Morgan fingerprint density at radius 3 is 2.54 bits per heavy atom. The fraction of sp³-hybridized carbons (Fsp3) is 0.600. The molecule has 1 aromatic heterocycles. The van der Waals surface area contributed by atoms with Gasteiger partial charge in [-0.3, -0.25) is 14.9 Å². The first kappa shape index (κ1) is 18.3. The van der Waals surface area contributed by atoms with E-state index in [4.69, 9.17) is 9.15 Å². The van der Waals surface area contributed by atoms with Crippen LogP contribution >= 0.6 is 0 Å². The molecule has 9 heteroatoms. The molecule has 1 aromatic rings. The molecule has 0 radical (unpaired) electrons. The minimum atomic E-state index is -4.84. The molecular formula is C15H18F3NO5. The largest absolute Gasteiger partial charge is 0.468 e. The summed E-state index contributed by atoms with van der Waals surface area (Å²) in [6.07, 6.45) is -3.57. The van der Waals surface area contributed by atoms with E-state index in [-0.39, 0.29) is 12.4 Å². The van der Waals surface area contributed by atoms with E-state index < -0.39 is 41.5 Å². The molecule has 0 spiro atoms. The zero-order valence-electron chi connectivity index (χ0n) is 13.3. The zero-order valence-corrected chi connectivity index (χ0v) is 13.3.